The van der Waals surface area contributed by atoms with E-state index in [1.54, 1.807) is 0 Å². The number of aryl methyl sites for hydroxylation is 1. The van der Waals surface area contributed by atoms with E-state index in [9.17, 15) is 4.79 Å². The molecule has 2 heterocycles. The number of hydrogen-bond donors (Lipinski definition) is 2. The first-order valence-electron chi connectivity index (χ1n) is 9.30. The van der Waals surface area contributed by atoms with Gasteiger partial charge >= 0.3 is 6.03 Å². The molecule has 2 fully saturated rings. The smallest absolute Gasteiger partial charge is 0.315 e. The van der Waals surface area contributed by atoms with Crippen molar-refractivity contribution >= 4 is 6.03 Å². The number of aromatic nitrogens is 3. The third kappa shape index (κ3) is 2.59. The summed E-state index contributed by atoms with van der Waals surface area (Å²) in [5, 5.41) is 14.5. The minimum atomic E-state index is -0.100. The maximum atomic E-state index is 12.3. The van der Waals surface area contributed by atoms with Crippen LogP contribution in [0, 0.1) is 5.41 Å². The Morgan fingerprint density at radius 1 is 1.33 bits per heavy atom. The van der Waals surface area contributed by atoms with Gasteiger partial charge in [0.05, 0.1) is 12.6 Å². The van der Waals surface area contributed by atoms with Crippen molar-refractivity contribution in [2.75, 3.05) is 6.61 Å². The number of amides is 2. The fraction of sp³-hybridized carbons (Fsp3) is 0.824. The van der Waals surface area contributed by atoms with Crippen LogP contribution in [-0.2, 0) is 24.2 Å². The van der Waals surface area contributed by atoms with Crippen molar-refractivity contribution < 1.29 is 9.53 Å². The summed E-state index contributed by atoms with van der Waals surface area (Å²) in [5.41, 5.74) is 0.170. The molecule has 24 heavy (non-hydrogen) atoms. The van der Waals surface area contributed by atoms with Crippen LogP contribution in [-0.4, -0.2) is 39.5 Å². The van der Waals surface area contributed by atoms with E-state index in [0.29, 0.717) is 12.6 Å². The number of fused-ring (bicyclic) bond motifs is 1. The van der Waals surface area contributed by atoms with Crippen molar-refractivity contribution in [3.05, 3.63) is 11.6 Å². The molecule has 2 amide bonds. The number of nitrogens with one attached hydrogen (secondary N) is 2. The molecule has 7 nitrogen and oxygen atoms in total. The minimum absolute atomic E-state index is 0.100. The first-order valence-corrected chi connectivity index (χ1v) is 9.30. The molecular weight excluding hydrogens is 306 g/mol. The molecule has 7 heteroatoms. The van der Waals surface area contributed by atoms with E-state index in [1.165, 1.54) is 25.7 Å². The average molecular weight is 333 g/mol. The standard InChI is InChI=1S/C17H27N5O2/c1-2-24-13-10-12(17(13)7-3-4-8-17)19-16(23)18-11-15-21-20-14-6-5-9-22(14)15/h12-13H,2-11H2,1H3,(H2,18,19,23)/t12-,13+/m1/s1. The van der Waals surface area contributed by atoms with Gasteiger partial charge in [0, 0.05) is 31.0 Å². The number of ether oxygens (including phenoxy) is 1. The van der Waals surface area contributed by atoms with Crippen molar-refractivity contribution in [2.45, 2.75) is 77.1 Å². The number of rotatable bonds is 5. The molecule has 2 N–H and O–H groups in total. The highest BCUT2D eigenvalue weighted by molar-refractivity contribution is 5.74. The molecule has 0 bridgehead atoms. The van der Waals surface area contributed by atoms with Crippen LogP contribution in [0.3, 0.4) is 0 Å². The van der Waals surface area contributed by atoms with Crippen LogP contribution >= 0.6 is 0 Å². The van der Waals surface area contributed by atoms with Crippen molar-refractivity contribution in [1.82, 2.24) is 25.4 Å². The second kappa shape index (κ2) is 6.35. The molecular formula is C17H27N5O2. The van der Waals surface area contributed by atoms with Gasteiger partial charge in [-0.1, -0.05) is 12.8 Å². The van der Waals surface area contributed by atoms with Crippen LogP contribution < -0.4 is 10.6 Å². The zero-order valence-corrected chi connectivity index (χ0v) is 14.4. The molecule has 132 valence electrons. The van der Waals surface area contributed by atoms with Crippen LogP contribution in [0.1, 0.15) is 57.1 Å². The molecule has 0 saturated heterocycles. The van der Waals surface area contributed by atoms with Gasteiger partial charge in [-0.25, -0.2) is 4.79 Å². The van der Waals surface area contributed by atoms with E-state index >= 15 is 0 Å². The molecule has 3 aliphatic rings. The number of carbonyl (C=O) groups is 1. The molecule has 2 saturated carbocycles. The second-order valence-corrected chi connectivity index (χ2v) is 7.29. The largest absolute Gasteiger partial charge is 0.378 e. The lowest BCUT2D eigenvalue weighted by Gasteiger charge is -2.53. The molecule has 1 aromatic heterocycles. The van der Waals surface area contributed by atoms with Crippen molar-refractivity contribution in [3.63, 3.8) is 0 Å². The molecule has 4 rings (SSSR count). The van der Waals surface area contributed by atoms with Crippen molar-refractivity contribution in [1.29, 1.82) is 0 Å². The Hall–Kier alpha value is -1.63. The predicted molar refractivity (Wildman–Crippen MR) is 88.4 cm³/mol. The third-order valence-corrected chi connectivity index (χ3v) is 6.09. The van der Waals surface area contributed by atoms with Crippen LogP contribution in [0.25, 0.3) is 0 Å². The maximum absolute atomic E-state index is 12.3. The molecule has 1 spiro atoms. The summed E-state index contributed by atoms with van der Waals surface area (Å²) in [6, 6.07) is 0.136. The lowest BCUT2D eigenvalue weighted by atomic mass is 9.60. The number of carbonyl (C=O) groups excluding carboxylic acids is 1. The summed E-state index contributed by atoms with van der Waals surface area (Å²) >= 11 is 0. The van der Waals surface area contributed by atoms with Gasteiger partial charge < -0.3 is 19.9 Å². The van der Waals surface area contributed by atoms with E-state index < -0.39 is 0 Å². The molecule has 2 aliphatic carbocycles. The normalized spacial score (nSPS) is 27.0. The number of nitrogens with zero attached hydrogens (tertiary/aromatic N) is 3. The summed E-state index contributed by atoms with van der Waals surface area (Å²) in [6.07, 6.45) is 8.18. The van der Waals surface area contributed by atoms with E-state index in [-0.39, 0.29) is 17.5 Å². The van der Waals surface area contributed by atoms with Gasteiger partial charge in [0.25, 0.3) is 0 Å². The fourth-order valence-electron chi connectivity index (χ4n) is 4.80. The van der Waals surface area contributed by atoms with Gasteiger partial charge in [0.2, 0.25) is 0 Å². The SMILES string of the molecule is CCO[C@H]1C[C@@H](NC(=O)NCc2nnc3n2CCC3)C12CCCC2. The lowest BCUT2D eigenvalue weighted by Crippen LogP contribution is -2.64. The van der Waals surface area contributed by atoms with E-state index in [1.807, 2.05) is 6.92 Å². The van der Waals surface area contributed by atoms with E-state index in [0.717, 1.165) is 44.1 Å². The fourth-order valence-corrected chi connectivity index (χ4v) is 4.80. The summed E-state index contributed by atoms with van der Waals surface area (Å²) in [4.78, 5) is 12.3. The molecule has 0 radical (unpaired) electrons. The number of urea groups is 1. The van der Waals surface area contributed by atoms with Gasteiger partial charge in [-0.2, -0.15) is 0 Å². The Labute approximate surface area is 142 Å². The predicted octanol–water partition coefficient (Wildman–Crippen LogP) is 1.76. The van der Waals surface area contributed by atoms with Gasteiger partial charge in [-0.3, -0.25) is 0 Å². The first kappa shape index (κ1) is 15.9. The third-order valence-electron chi connectivity index (χ3n) is 6.09. The Kier molecular flexibility index (Phi) is 4.20. The summed E-state index contributed by atoms with van der Waals surface area (Å²) in [6.45, 7) is 4.20. The zero-order chi connectivity index (χ0) is 16.6. The summed E-state index contributed by atoms with van der Waals surface area (Å²) < 4.78 is 8.02. The van der Waals surface area contributed by atoms with Gasteiger partial charge in [-0.05, 0) is 32.6 Å². The minimum Gasteiger partial charge on any atom is -0.378 e. The highest BCUT2D eigenvalue weighted by Gasteiger charge is 2.57. The Morgan fingerprint density at radius 3 is 2.96 bits per heavy atom. The Balaban J connectivity index is 1.31. The van der Waals surface area contributed by atoms with Crippen molar-refractivity contribution in [2.24, 2.45) is 5.41 Å². The average Bonchev–Trinajstić information content (AvgIpc) is 3.29. The maximum Gasteiger partial charge on any atom is 0.315 e. The van der Waals surface area contributed by atoms with E-state index in [4.69, 9.17) is 4.74 Å². The monoisotopic (exact) mass is 333 g/mol. The summed E-state index contributed by atoms with van der Waals surface area (Å²) in [5.74, 6) is 1.89. The zero-order valence-electron chi connectivity index (χ0n) is 14.4. The highest BCUT2D eigenvalue weighted by Crippen LogP contribution is 2.54. The van der Waals surface area contributed by atoms with Crippen LogP contribution in [0.4, 0.5) is 4.79 Å². The second-order valence-electron chi connectivity index (χ2n) is 7.29. The van der Waals surface area contributed by atoms with E-state index in [2.05, 4.69) is 25.4 Å². The van der Waals surface area contributed by atoms with Gasteiger partial charge in [-0.15, -0.1) is 10.2 Å². The Morgan fingerprint density at radius 2 is 2.17 bits per heavy atom. The highest BCUT2D eigenvalue weighted by atomic mass is 16.5. The molecule has 0 unspecified atom stereocenters. The number of hydrogen-bond acceptors (Lipinski definition) is 4. The molecule has 1 aromatic rings. The molecule has 0 aromatic carbocycles. The quantitative estimate of drug-likeness (QED) is 0.860. The molecule has 2 atom stereocenters. The first-order chi connectivity index (χ1) is 11.7. The van der Waals surface area contributed by atoms with Crippen LogP contribution in [0.2, 0.25) is 0 Å². The molecule has 1 aliphatic heterocycles. The van der Waals surface area contributed by atoms with Gasteiger partial charge in [0.1, 0.15) is 5.82 Å². The van der Waals surface area contributed by atoms with Crippen LogP contribution in [0.15, 0.2) is 0 Å². The van der Waals surface area contributed by atoms with Crippen LogP contribution in [0.5, 0.6) is 0 Å². The van der Waals surface area contributed by atoms with Gasteiger partial charge in [0.15, 0.2) is 5.82 Å². The lowest BCUT2D eigenvalue weighted by molar-refractivity contribution is -0.126. The Bertz CT molecular complexity index is 608. The summed E-state index contributed by atoms with van der Waals surface area (Å²) in [7, 11) is 0. The van der Waals surface area contributed by atoms with Crippen molar-refractivity contribution in [3.8, 4) is 0 Å². The topological polar surface area (TPSA) is 81.1 Å².